The highest BCUT2D eigenvalue weighted by molar-refractivity contribution is 5.91. The third-order valence-corrected chi connectivity index (χ3v) is 2.54. The molecule has 0 amide bonds. The van der Waals surface area contributed by atoms with Gasteiger partial charge in [-0.15, -0.1) is 0 Å². The maximum Gasteiger partial charge on any atom is 0.127 e. The number of aryl methyl sites for hydroxylation is 1. The van der Waals surface area contributed by atoms with Crippen LogP contribution < -0.4 is 4.74 Å². The summed E-state index contributed by atoms with van der Waals surface area (Å²) in [5.41, 5.74) is 1.28. The molecule has 1 heteroatoms. The lowest BCUT2D eigenvalue weighted by atomic mass is 10.0. The number of rotatable bonds is 3. The zero-order chi connectivity index (χ0) is 10.7. The fourth-order valence-corrected chi connectivity index (χ4v) is 1.82. The number of hydrogen-bond acceptors (Lipinski definition) is 1. The molecule has 0 saturated carbocycles. The smallest absolute Gasteiger partial charge is 0.127 e. The summed E-state index contributed by atoms with van der Waals surface area (Å²) in [5, 5.41) is 2.50. The zero-order valence-electron chi connectivity index (χ0n) is 9.29. The van der Waals surface area contributed by atoms with E-state index in [1.165, 1.54) is 16.3 Å². The van der Waals surface area contributed by atoms with E-state index in [9.17, 15) is 0 Å². The highest BCUT2D eigenvalue weighted by Crippen LogP contribution is 2.28. The van der Waals surface area contributed by atoms with Crippen LogP contribution in [-0.4, -0.2) is 6.61 Å². The standard InChI is InChI=1S/C14H16O/c1-3-10-15-13-9-5-8-12-7-4-6-11(2)14(12)13/h4-9H,3,10H2,1-2H3. The second kappa shape index (κ2) is 4.35. The van der Waals surface area contributed by atoms with E-state index in [4.69, 9.17) is 4.74 Å². The fraction of sp³-hybridized carbons (Fsp3) is 0.286. The number of hydrogen-bond donors (Lipinski definition) is 0. The molecule has 1 nitrogen and oxygen atoms in total. The summed E-state index contributed by atoms with van der Waals surface area (Å²) in [7, 11) is 0. The van der Waals surface area contributed by atoms with Crippen LogP contribution in [-0.2, 0) is 0 Å². The van der Waals surface area contributed by atoms with Crippen LogP contribution in [0.3, 0.4) is 0 Å². The van der Waals surface area contributed by atoms with Crippen molar-refractivity contribution in [2.75, 3.05) is 6.61 Å². The van der Waals surface area contributed by atoms with Gasteiger partial charge >= 0.3 is 0 Å². The van der Waals surface area contributed by atoms with E-state index < -0.39 is 0 Å². The first kappa shape index (κ1) is 10.0. The predicted molar refractivity (Wildman–Crippen MR) is 64.5 cm³/mol. The molecule has 0 N–H and O–H groups in total. The summed E-state index contributed by atoms with van der Waals surface area (Å²) >= 11 is 0. The summed E-state index contributed by atoms with van der Waals surface area (Å²) in [5.74, 6) is 1.01. The average Bonchev–Trinajstić information content (AvgIpc) is 2.26. The van der Waals surface area contributed by atoms with Gasteiger partial charge in [0.1, 0.15) is 5.75 Å². The van der Waals surface area contributed by atoms with E-state index in [2.05, 4.69) is 38.1 Å². The molecule has 15 heavy (non-hydrogen) atoms. The maximum atomic E-state index is 5.75. The van der Waals surface area contributed by atoms with Crippen molar-refractivity contribution in [2.45, 2.75) is 20.3 Å². The summed E-state index contributed by atoms with van der Waals surface area (Å²) in [6, 6.07) is 12.6. The van der Waals surface area contributed by atoms with Gasteiger partial charge in [0.15, 0.2) is 0 Å². The summed E-state index contributed by atoms with van der Waals surface area (Å²) in [6.07, 6.45) is 1.04. The van der Waals surface area contributed by atoms with E-state index in [1.807, 2.05) is 12.1 Å². The van der Waals surface area contributed by atoms with Gasteiger partial charge in [0.25, 0.3) is 0 Å². The molecule has 2 aromatic rings. The maximum absolute atomic E-state index is 5.75. The molecule has 78 valence electrons. The zero-order valence-corrected chi connectivity index (χ0v) is 9.29. The van der Waals surface area contributed by atoms with Gasteiger partial charge in [0.05, 0.1) is 6.61 Å². The van der Waals surface area contributed by atoms with Gasteiger partial charge in [0, 0.05) is 5.39 Å². The van der Waals surface area contributed by atoms with E-state index in [1.54, 1.807) is 0 Å². The lowest BCUT2D eigenvalue weighted by Crippen LogP contribution is -1.96. The summed E-state index contributed by atoms with van der Waals surface area (Å²) < 4.78 is 5.75. The minimum Gasteiger partial charge on any atom is -0.493 e. The molecule has 0 saturated heterocycles. The van der Waals surface area contributed by atoms with Gasteiger partial charge < -0.3 is 4.74 Å². The minimum atomic E-state index is 0.785. The first-order valence-electron chi connectivity index (χ1n) is 5.44. The second-order valence-corrected chi connectivity index (χ2v) is 3.78. The van der Waals surface area contributed by atoms with Crippen molar-refractivity contribution in [3.8, 4) is 5.75 Å². The third-order valence-electron chi connectivity index (χ3n) is 2.54. The van der Waals surface area contributed by atoms with Crippen LogP contribution in [0.1, 0.15) is 18.9 Å². The second-order valence-electron chi connectivity index (χ2n) is 3.78. The Kier molecular flexibility index (Phi) is 2.91. The Morgan fingerprint density at radius 3 is 2.53 bits per heavy atom. The first-order chi connectivity index (χ1) is 7.33. The normalized spacial score (nSPS) is 10.5. The number of benzene rings is 2. The van der Waals surface area contributed by atoms with Crippen molar-refractivity contribution < 1.29 is 4.74 Å². The molecule has 2 rings (SSSR count). The molecular formula is C14H16O. The van der Waals surface area contributed by atoms with E-state index >= 15 is 0 Å². The van der Waals surface area contributed by atoms with Gasteiger partial charge in [0.2, 0.25) is 0 Å². The van der Waals surface area contributed by atoms with Crippen LogP contribution in [0.25, 0.3) is 10.8 Å². The van der Waals surface area contributed by atoms with Crippen molar-refractivity contribution in [1.29, 1.82) is 0 Å². The molecule has 0 spiro atoms. The average molecular weight is 200 g/mol. The topological polar surface area (TPSA) is 9.23 Å². The minimum absolute atomic E-state index is 0.785. The van der Waals surface area contributed by atoms with Crippen molar-refractivity contribution in [2.24, 2.45) is 0 Å². The van der Waals surface area contributed by atoms with Gasteiger partial charge in [-0.2, -0.15) is 0 Å². The van der Waals surface area contributed by atoms with Crippen molar-refractivity contribution in [3.63, 3.8) is 0 Å². The molecule has 0 bridgehead atoms. The van der Waals surface area contributed by atoms with Gasteiger partial charge in [-0.05, 0) is 30.4 Å². The molecule has 0 aliphatic rings. The van der Waals surface area contributed by atoms with Crippen LogP contribution in [0.2, 0.25) is 0 Å². The van der Waals surface area contributed by atoms with Crippen molar-refractivity contribution in [1.82, 2.24) is 0 Å². The Balaban J connectivity index is 2.53. The molecule has 0 aromatic heterocycles. The molecule has 0 unspecified atom stereocenters. The summed E-state index contributed by atoms with van der Waals surface area (Å²) in [4.78, 5) is 0. The SMILES string of the molecule is CCCOc1cccc2cccc(C)c12. The third kappa shape index (κ3) is 1.96. The molecule has 2 aromatic carbocycles. The molecular weight excluding hydrogens is 184 g/mol. The molecule has 0 aliphatic carbocycles. The van der Waals surface area contributed by atoms with Crippen LogP contribution in [0.5, 0.6) is 5.75 Å². The first-order valence-corrected chi connectivity index (χ1v) is 5.44. The van der Waals surface area contributed by atoms with E-state index in [-0.39, 0.29) is 0 Å². The lowest BCUT2D eigenvalue weighted by molar-refractivity contribution is 0.321. The quantitative estimate of drug-likeness (QED) is 0.729. The Labute approximate surface area is 90.7 Å². The Morgan fingerprint density at radius 2 is 1.80 bits per heavy atom. The molecule has 0 heterocycles. The van der Waals surface area contributed by atoms with Gasteiger partial charge in [-0.25, -0.2) is 0 Å². The van der Waals surface area contributed by atoms with E-state index in [0.717, 1.165) is 18.8 Å². The van der Waals surface area contributed by atoms with Crippen molar-refractivity contribution in [3.05, 3.63) is 42.0 Å². The van der Waals surface area contributed by atoms with Crippen LogP contribution in [0, 0.1) is 6.92 Å². The summed E-state index contributed by atoms with van der Waals surface area (Å²) in [6.45, 7) is 5.03. The Morgan fingerprint density at radius 1 is 1.07 bits per heavy atom. The van der Waals surface area contributed by atoms with Gasteiger partial charge in [-0.3, -0.25) is 0 Å². The number of fused-ring (bicyclic) bond motifs is 1. The molecule has 0 aliphatic heterocycles. The van der Waals surface area contributed by atoms with Crippen LogP contribution >= 0.6 is 0 Å². The fourth-order valence-electron chi connectivity index (χ4n) is 1.82. The molecule has 0 radical (unpaired) electrons. The highest BCUT2D eigenvalue weighted by atomic mass is 16.5. The highest BCUT2D eigenvalue weighted by Gasteiger charge is 2.03. The van der Waals surface area contributed by atoms with Crippen LogP contribution in [0.15, 0.2) is 36.4 Å². The largest absolute Gasteiger partial charge is 0.493 e. The molecule has 0 fully saturated rings. The van der Waals surface area contributed by atoms with Crippen molar-refractivity contribution >= 4 is 10.8 Å². The lowest BCUT2D eigenvalue weighted by Gasteiger charge is -2.10. The Bertz CT molecular complexity index is 455. The predicted octanol–water partition coefficient (Wildman–Crippen LogP) is 3.94. The number of ether oxygens (including phenoxy) is 1. The van der Waals surface area contributed by atoms with Gasteiger partial charge in [-0.1, -0.05) is 37.3 Å². The van der Waals surface area contributed by atoms with E-state index in [0.29, 0.717) is 0 Å². The molecule has 0 atom stereocenters. The monoisotopic (exact) mass is 200 g/mol. The Hall–Kier alpha value is -1.50. The van der Waals surface area contributed by atoms with Crippen LogP contribution in [0.4, 0.5) is 0 Å².